The SMILES string of the molecule is CC(C)C(F)(F)CN(C(=O)O)C(=O)OC(C)(C)C. The zero-order valence-corrected chi connectivity index (χ0v) is 11.2. The molecule has 0 aromatic carbocycles. The summed E-state index contributed by atoms with van der Waals surface area (Å²) in [6.07, 6.45) is -3.06. The van der Waals surface area contributed by atoms with Crippen molar-refractivity contribution < 1.29 is 28.2 Å². The monoisotopic (exact) mass is 267 g/mol. The number of hydrogen-bond acceptors (Lipinski definition) is 3. The van der Waals surface area contributed by atoms with E-state index in [9.17, 15) is 18.4 Å². The number of rotatable bonds is 3. The number of ether oxygens (including phenoxy) is 1. The molecule has 1 N–H and O–H groups in total. The third-order valence-corrected chi connectivity index (χ3v) is 2.06. The van der Waals surface area contributed by atoms with Gasteiger partial charge in [-0.1, -0.05) is 13.8 Å². The highest BCUT2D eigenvalue weighted by atomic mass is 19.3. The van der Waals surface area contributed by atoms with Crippen molar-refractivity contribution in [3.05, 3.63) is 0 Å². The fourth-order valence-corrected chi connectivity index (χ4v) is 0.921. The van der Waals surface area contributed by atoms with E-state index in [1.54, 1.807) is 0 Å². The Morgan fingerprint density at radius 3 is 2.00 bits per heavy atom. The maximum absolute atomic E-state index is 13.4. The first-order valence-corrected chi connectivity index (χ1v) is 5.48. The molecule has 106 valence electrons. The lowest BCUT2D eigenvalue weighted by atomic mass is 10.1. The van der Waals surface area contributed by atoms with Crippen LogP contribution in [0, 0.1) is 5.92 Å². The summed E-state index contributed by atoms with van der Waals surface area (Å²) in [5, 5.41) is 8.78. The van der Waals surface area contributed by atoms with Crippen LogP contribution in [0.1, 0.15) is 34.6 Å². The van der Waals surface area contributed by atoms with Gasteiger partial charge in [-0.25, -0.2) is 23.3 Å². The lowest BCUT2D eigenvalue weighted by molar-refractivity contribution is -0.0690. The van der Waals surface area contributed by atoms with Crippen molar-refractivity contribution in [1.82, 2.24) is 4.90 Å². The van der Waals surface area contributed by atoms with Gasteiger partial charge in [0.1, 0.15) is 5.60 Å². The largest absolute Gasteiger partial charge is 0.465 e. The summed E-state index contributed by atoms with van der Waals surface area (Å²) >= 11 is 0. The molecular weight excluding hydrogens is 248 g/mol. The predicted molar refractivity (Wildman–Crippen MR) is 60.7 cm³/mol. The van der Waals surface area contributed by atoms with Gasteiger partial charge in [-0.15, -0.1) is 0 Å². The second-order valence-electron chi connectivity index (χ2n) is 5.26. The Morgan fingerprint density at radius 2 is 1.72 bits per heavy atom. The molecule has 0 aliphatic heterocycles. The maximum Gasteiger partial charge on any atom is 0.420 e. The molecule has 2 amide bonds. The fraction of sp³-hybridized carbons (Fsp3) is 0.818. The summed E-state index contributed by atoms with van der Waals surface area (Å²) in [6, 6.07) is 0. The van der Waals surface area contributed by atoms with E-state index in [4.69, 9.17) is 9.84 Å². The molecule has 0 rings (SSSR count). The number of carbonyl (C=O) groups excluding carboxylic acids is 1. The fourth-order valence-electron chi connectivity index (χ4n) is 0.921. The molecule has 0 radical (unpaired) electrons. The number of alkyl halides is 2. The highest BCUT2D eigenvalue weighted by Crippen LogP contribution is 2.25. The number of carbonyl (C=O) groups is 2. The van der Waals surface area contributed by atoms with Crippen molar-refractivity contribution >= 4 is 12.2 Å². The Kier molecular flexibility index (Phi) is 5.07. The average Bonchev–Trinajstić information content (AvgIpc) is 2.10. The smallest absolute Gasteiger partial charge is 0.420 e. The average molecular weight is 267 g/mol. The van der Waals surface area contributed by atoms with Crippen LogP contribution in [0.3, 0.4) is 0 Å². The molecule has 0 fully saturated rings. The molecule has 0 aromatic rings. The highest BCUT2D eigenvalue weighted by molar-refractivity contribution is 5.86. The number of amides is 2. The summed E-state index contributed by atoms with van der Waals surface area (Å²) < 4.78 is 31.6. The van der Waals surface area contributed by atoms with Crippen LogP contribution in [0.15, 0.2) is 0 Å². The number of imide groups is 1. The molecule has 0 aromatic heterocycles. The highest BCUT2D eigenvalue weighted by Gasteiger charge is 2.40. The van der Waals surface area contributed by atoms with Crippen LogP contribution in [-0.4, -0.2) is 40.3 Å². The van der Waals surface area contributed by atoms with Gasteiger partial charge in [-0.2, -0.15) is 0 Å². The van der Waals surface area contributed by atoms with Crippen LogP contribution >= 0.6 is 0 Å². The predicted octanol–water partition coefficient (Wildman–Crippen LogP) is 3.19. The second kappa shape index (κ2) is 5.49. The molecule has 0 saturated heterocycles. The van der Waals surface area contributed by atoms with E-state index in [-0.39, 0.29) is 4.90 Å². The van der Waals surface area contributed by atoms with E-state index in [0.717, 1.165) is 0 Å². The Morgan fingerprint density at radius 1 is 1.28 bits per heavy atom. The lowest BCUT2D eigenvalue weighted by Gasteiger charge is -2.28. The summed E-state index contributed by atoms with van der Waals surface area (Å²) in [4.78, 5) is 22.3. The van der Waals surface area contributed by atoms with E-state index in [1.807, 2.05) is 0 Å². The second-order valence-corrected chi connectivity index (χ2v) is 5.26. The van der Waals surface area contributed by atoms with Crippen molar-refractivity contribution in [2.45, 2.75) is 46.1 Å². The Hall–Kier alpha value is -1.40. The van der Waals surface area contributed by atoms with E-state index in [1.165, 1.54) is 34.6 Å². The van der Waals surface area contributed by atoms with Gasteiger partial charge in [0.25, 0.3) is 5.92 Å². The number of carboxylic acid groups (broad SMARTS) is 1. The maximum atomic E-state index is 13.4. The van der Waals surface area contributed by atoms with Gasteiger partial charge in [0.15, 0.2) is 0 Å². The van der Waals surface area contributed by atoms with E-state index in [2.05, 4.69) is 0 Å². The molecule has 5 nitrogen and oxygen atoms in total. The van der Waals surface area contributed by atoms with Crippen LogP contribution in [0.25, 0.3) is 0 Å². The van der Waals surface area contributed by atoms with Crippen LogP contribution in [-0.2, 0) is 4.74 Å². The van der Waals surface area contributed by atoms with Gasteiger partial charge < -0.3 is 9.84 Å². The molecule has 0 saturated carbocycles. The number of hydrogen-bond donors (Lipinski definition) is 1. The summed E-state index contributed by atoms with van der Waals surface area (Å²) in [5.41, 5.74) is -0.947. The summed E-state index contributed by atoms with van der Waals surface area (Å²) in [6.45, 7) is 5.84. The molecule has 0 unspecified atom stereocenters. The molecule has 18 heavy (non-hydrogen) atoms. The first kappa shape index (κ1) is 16.6. The zero-order chi connectivity index (χ0) is 14.7. The molecular formula is C11H19F2NO4. The number of halogens is 2. The van der Waals surface area contributed by atoms with Gasteiger partial charge in [0.05, 0.1) is 6.54 Å². The Balaban J connectivity index is 4.90. The van der Waals surface area contributed by atoms with Crippen LogP contribution in [0.4, 0.5) is 18.4 Å². The van der Waals surface area contributed by atoms with Crippen molar-refractivity contribution in [2.24, 2.45) is 5.92 Å². The third kappa shape index (κ3) is 5.29. The Bertz CT molecular complexity index is 323. The molecule has 0 atom stereocenters. The van der Waals surface area contributed by atoms with Crippen molar-refractivity contribution in [3.8, 4) is 0 Å². The van der Waals surface area contributed by atoms with E-state index < -0.39 is 36.2 Å². The quantitative estimate of drug-likeness (QED) is 0.852. The van der Waals surface area contributed by atoms with Crippen LogP contribution < -0.4 is 0 Å². The van der Waals surface area contributed by atoms with Crippen molar-refractivity contribution in [3.63, 3.8) is 0 Å². The zero-order valence-electron chi connectivity index (χ0n) is 11.2. The minimum absolute atomic E-state index is 0.00868. The molecule has 0 spiro atoms. The number of nitrogens with zero attached hydrogens (tertiary/aromatic N) is 1. The van der Waals surface area contributed by atoms with Gasteiger partial charge >= 0.3 is 12.2 Å². The first-order chi connectivity index (χ1) is 7.87. The van der Waals surface area contributed by atoms with Crippen molar-refractivity contribution in [1.29, 1.82) is 0 Å². The molecule has 0 aliphatic carbocycles. The summed E-state index contributed by atoms with van der Waals surface area (Å²) in [7, 11) is 0. The normalized spacial score (nSPS) is 12.4. The van der Waals surface area contributed by atoms with Crippen LogP contribution in [0.2, 0.25) is 0 Å². The van der Waals surface area contributed by atoms with Gasteiger partial charge in [0.2, 0.25) is 0 Å². The van der Waals surface area contributed by atoms with E-state index in [0.29, 0.717) is 0 Å². The van der Waals surface area contributed by atoms with Crippen LogP contribution in [0.5, 0.6) is 0 Å². The minimum atomic E-state index is -3.30. The summed E-state index contributed by atoms with van der Waals surface area (Å²) in [5.74, 6) is -4.38. The molecule has 0 aliphatic rings. The van der Waals surface area contributed by atoms with Crippen molar-refractivity contribution in [2.75, 3.05) is 6.54 Å². The lowest BCUT2D eigenvalue weighted by Crippen LogP contribution is -2.47. The third-order valence-electron chi connectivity index (χ3n) is 2.06. The topological polar surface area (TPSA) is 66.8 Å². The first-order valence-electron chi connectivity index (χ1n) is 5.48. The molecule has 0 bridgehead atoms. The molecule has 7 heteroatoms. The standard InChI is InChI=1S/C11H19F2NO4/c1-7(2)11(12,13)6-14(8(15)16)9(17)18-10(3,4)5/h7H,6H2,1-5H3,(H,15,16). The van der Waals surface area contributed by atoms with Gasteiger partial charge in [-0.3, -0.25) is 0 Å². The van der Waals surface area contributed by atoms with E-state index >= 15 is 0 Å². The Labute approximate surface area is 105 Å². The minimum Gasteiger partial charge on any atom is -0.465 e. The van der Waals surface area contributed by atoms with Gasteiger partial charge in [0, 0.05) is 5.92 Å². The van der Waals surface area contributed by atoms with Gasteiger partial charge in [-0.05, 0) is 20.8 Å². The molecule has 0 heterocycles.